The highest BCUT2D eigenvalue weighted by Gasteiger charge is 2.21. The highest BCUT2D eigenvalue weighted by Crippen LogP contribution is 2.15. The predicted molar refractivity (Wildman–Crippen MR) is 70.3 cm³/mol. The van der Waals surface area contributed by atoms with Crippen molar-refractivity contribution in [2.75, 3.05) is 6.54 Å². The van der Waals surface area contributed by atoms with Gasteiger partial charge in [-0.15, -0.1) is 0 Å². The Labute approximate surface area is 110 Å². The standard InChI is InChI=1S/C10H18N2O4S2/c1-6(2)4-8(13)5-11-18(15,16)9-7(3)12-10(14)17-9/h6,8,11,13H,4-5H2,1-3H3,(H,12,14). The van der Waals surface area contributed by atoms with Crippen LogP contribution in [0.2, 0.25) is 0 Å². The van der Waals surface area contributed by atoms with E-state index in [2.05, 4.69) is 9.71 Å². The van der Waals surface area contributed by atoms with Gasteiger partial charge in [0.2, 0.25) is 0 Å². The first-order valence-electron chi connectivity index (χ1n) is 5.60. The van der Waals surface area contributed by atoms with Gasteiger partial charge in [0.1, 0.15) is 0 Å². The first kappa shape index (κ1) is 15.4. The zero-order chi connectivity index (χ0) is 13.9. The normalized spacial score (nSPS) is 14.1. The van der Waals surface area contributed by atoms with Crippen LogP contribution in [0.25, 0.3) is 0 Å². The van der Waals surface area contributed by atoms with Gasteiger partial charge in [-0.1, -0.05) is 25.2 Å². The SMILES string of the molecule is Cc1[nH]c(=O)sc1S(=O)(=O)NCC(O)CC(C)C. The molecule has 8 heteroatoms. The first-order valence-corrected chi connectivity index (χ1v) is 7.89. The van der Waals surface area contributed by atoms with Crippen molar-refractivity contribution in [2.45, 2.75) is 37.5 Å². The monoisotopic (exact) mass is 294 g/mol. The number of hydrogen-bond acceptors (Lipinski definition) is 5. The third-order valence-corrected chi connectivity index (χ3v) is 5.31. The number of H-pyrrole nitrogens is 1. The van der Waals surface area contributed by atoms with Crippen molar-refractivity contribution in [3.05, 3.63) is 15.4 Å². The highest BCUT2D eigenvalue weighted by atomic mass is 32.2. The van der Waals surface area contributed by atoms with Crippen LogP contribution < -0.4 is 9.60 Å². The van der Waals surface area contributed by atoms with Gasteiger partial charge in [-0.25, -0.2) is 13.1 Å². The summed E-state index contributed by atoms with van der Waals surface area (Å²) < 4.78 is 26.1. The van der Waals surface area contributed by atoms with Crippen LogP contribution in [0.4, 0.5) is 0 Å². The van der Waals surface area contributed by atoms with Gasteiger partial charge < -0.3 is 10.1 Å². The lowest BCUT2D eigenvalue weighted by Crippen LogP contribution is -2.32. The van der Waals surface area contributed by atoms with Gasteiger partial charge in [-0.2, -0.15) is 0 Å². The van der Waals surface area contributed by atoms with E-state index in [1.807, 2.05) is 13.8 Å². The molecule has 1 atom stereocenters. The number of aromatic amines is 1. The second-order valence-electron chi connectivity index (χ2n) is 4.56. The van der Waals surface area contributed by atoms with E-state index in [1.54, 1.807) is 0 Å². The predicted octanol–water partition coefficient (Wildman–Crippen LogP) is 0.430. The zero-order valence-corrected chi connectivity index (χ0v) is 12.2. The maximum absolute atomic E-state index is 11.9. The topological polar surface area (TPSA) is 99.3 Å². The summed E-state index contributed by atoms with van der Waals surface area (Å²) in [5.74, 6) is 0.287. The van der Waals surface area contributed by atoms with Crippen molar-refractivity contribution in [3.63, 3.8) is 0 Å². The molecule has 1 rings (SSSR count). The van der Waals surface area contributed by atoms with Crippen molar-refractivity contribution in [1.29, 1.82) is 0 Å². The summed E-state index contributed by atoms with van der Waals surface area (Å²) in [5.41, 5.74) is 0.316. The van der Waals surface area contributed by atoms with E-state index >= 15 is 0 Å². The minimum atomic E-state index is -3.72. The minimum Gasteiger partial charge on any atom is -0.392 e. The lowest BCUT2D eigenvalue weighted by atomic mass is 10.1. The first-order chi connectivity index (χ1) is 8.22. The van der Waals surface area contributed by atoms with Gasteiger partial charge >= 0.3 is 4.87 Å². The van der Waals surface area contributed by atoms with Crippen LogP contribution >= 0.6 is 11.3 Å². The van der Waals surface area contributed by atoms with Crippen molar-refractivity contribution < 1.29 is 13.5 Å². The molecule has 18 heavy (non-hydrogen) atoms. The molecule has 0 aliphatic rings. The Morgan fingerprint density at radius 2 is 2.06 bits per heavy atom. The fourth-order valence-corrected chi connectivity index (χ4v) is 3.96. The summed E-state index contributed by atoms with van der Waals surface area (Å²) in [5, 5.41) is 9.61. The molecule has 0 spiro atoms. The smallest absolute Gasteiger partial charge is 0.305 e. The Morgan fingerprint density at radius 1 is 1.44 bits per heavy atom. The van der Waals surface area contributed by atoms with Crippen molar-refractivity contribution >= 4 is 21.4 Å². The molecule has 0 aromatic carbocycles. The molecule has 0 bridgehead atoms. The molecule has 0 radical (unpaired) electrons. The van der Waals surface area contributed by atoms with E-state index in [1.165, 1.54) is 6.92 Å². The maximum atomic E-state index is 11.9. The Hall–Kier alpha value is -0.700. The molecule has 6 nitrogen and oxygen atoms in total. The summed E-state index contributed by atoms with van der Waals surface area (Å²) in [4.78, 5) is 13.1. The number of aryl methyl sites for hydroxylation is 1. The van der Waals surface area contributed by atoms with Crippen LogP contribution in [0.15, 0.2) is 9.00 Å². The Balaban J connectivity index is 2.72. The van der Waals surface area contributed by atoms with Crippen LogP contribution in [-0.4, -0.2) is 31.2 Å². The van der Waals surface area contributed by atoms with Crippen LogP contribution in [0, 0.1) is 12.8 Å². The van der Waals surface area contributed by atoms with Crippen LogP contribution in [0.1, 0.15) is 26.0 Å². The average molecular weight is 294 g/mol. The molecule has 1 unspecified atom stereocenters. The minimum absolute atomic E-state index is 0.0238. The number of rotatable bonds is 6. The van der Waals surface area contributed by atoms with Gasteiger partial charge in [0, 0.05) is 12.2 Å². The van der Waals surface area contributed by atoms with Crippen molar-refractivity contribution in [1.82, 2.24) is 9.71 Å². The second-order valence-corrected chi connectivity index (χ2v) is 7.51. The number of aliphatic hydroxyl groups is 1. The number of aromatic nitrogens is 1. The van der Waals surface area contributed by atoms with Crippen LogP contribution in [0.3, 0.4) is 0 Å². The molecule has 3 N–H and O–H groups in total. The molecule has 0 amide bonds. The maximum Gasteiger partial charge on any atom is 0.305 e. The van der Waals surface area contributed by atoms with Crippen LogP contribution in [0.5, 0.6) is 0 Å². The van der Waals surface area contributed by atoms with Crippen molar-refractivity contribution in [2.24, 2.45) is 5.92 Å². The number of sulfonamides is 1. The highest BCUT2D eigenvalue weighted by molar-refractivity contribution is 7.91. The third-order valence-electron chi connectivity index (χ3n) is 2.28. The lowest BCUT2D eigenvalue weighted by molar-refractivity contribution is 0.152. The Kier molecular flexibility index (Phi) is 5.09. The summed E-state index contributed by atoms with van der Waals surface area (Å²) in [7, 11) is -3.72. The molecule has 104 valence electrons. The fraction of sp³-hybridized carbons (Fsp3) is 0.700. The number of aliphatic hydroxyl groups excluding tert-OH is 1. The van der Waals surface area contributed by atoms with Crippen molar-refractivity contribution in [3.8, 4) is 0 Å². The Morgan fingerprint density at radius 3 is 2.50 bits per heavy atom. The lowest BCUT2D eigenvalue weighted by Gasteiger charge is -2.13. The molecular formula is C10H18N2O4S2. The third kappa shape index (κ3) is 4.20. The van der Waals surface area contributed by atoms with E-state index in [9.17, 15) is 18.3 Å². The van der Waals surface area contributed by atoms with E-state index in [-0.39, 0.29) is 16.7 Å². The molecule has 0 aliphatic heterocycles. The van der Waals surface area contributed by atoms with Gasteiger partial charge in [0.25, 0.3) is 10.0 Å². The number of hydrogen-bond donors (Lipinski definition) is 3. The molecule has 1 aromatic rings. The van der Waals surface area contributed by atoms with E-state index in [0.29, 0.717) is 23.5 Å². The van der Waals surface area contributed by atoms with E-state index < -0.39 is 21.0 Å². The van der Waals surface area contributed by atoms with E-state index in [4.69, 9.17) is 0 Å². The van der Waals surface area contributed by atoms with Gasteiger partial charge in [0.05, 0.1) is 6.10 Å². The fourth-order valence-electron chi connectivity index (χ4n) is 1.55. The molecule has 0 saturated carbocycles. The largest absolute Gasteiger partial charge is 0.392 e. The van der Waals surface area contributed by atoms with Gasteiger partial charge in [-0.3, -0.25) is 4.79 Å². The number of nitrogens with one attached hydrogen (secondary N) is 2. The summed E-state index contributed by atoms with van der Waals surface area (Å²) in [6.45, 7) is 5.36. The molecular weight excluding hydrogens is 276 g/mol. The van der Waals surface area contributed by atoms with Gasteiger partial charge in [-0.05, 0) is 19.3 Å². The average Bonchev–Trinajstić information content (AvgIpc) is 2.55. The second kappa shape index (κ2) is 5.96. The summed E-state index contributed by atoms with van der Waals surface area (Å²) in [6, 6.07) is 0. The number of thiazole rings is 1. The van der Waals surface area contributed by atoms with Gasteiger partial charge in [0.15, 0.2) is 4.21 Å². The molecule has 0 saturated heterocycles. The quantitative estimate of drug-likeness (QED) is 0.708. The Bertz CT molecular complexity index is 544. The van der Waals surface area contributed by atoms with E-state index in [0.717, 1.165) is 0 Å². The van der Waals surface area contributed by atoms with Crippen LogP contribution in [-0.2, 0) is 10.0 Å². The summed E-state index contributed by atoms with van der Waals surface area (Å²) >= 11 is 0.644. The summed E-state index contributed by atoms with van der Waals surface area (Å²) in [6.07, 6.45) is -0.207. The molecule has 0 aliphatic carbocycles. The molecule has 0 fully saturated rings. The zero-order valence-electron chi connectivity index (χ0n) is 10.6. The molecule has 1 heterocycles. The molecule has 1 aromatic heterocycles.